The SMILES string of the molecule is CCOC(=O)CN1CCN(CCCCCCCc2nc3cccnc3n2C(=O)O)CC1. The first kappa shape index (κ1) is 23.1. The number of pyridine rings is 1. The van der Waals surface area contributed by atoms with Gasteiger partial charge in [-0.25, -0.2) is 19.3 Å². The zero-order chi connectivity index (χ0) is 22.1. The van der Waals surface area contributed by atoms with Gasteiger partial charge in [-0.3, -0.25) is 9.69 Å². The van der Waals surface area contributed by atoms with Crippen molar-refractivity contribution in [2.24, 2.45) is 0 Å². The van der Waals surface area contributed by atoms with Crippen LogP contribution in [0.3, 0.4) is 0 Å². The van der Waals surface area contributed by atoms with Crippen molar-refractivity contribution in [3.63, 3.8) is 0 Å². The highest BCUT2D eigenvalue weighted by molar-refractivity contribution is 5.83. The van der Waals surface area contributed by atoms with E-state index in [0.29, 0.717) is 36.6 Å². The molecule has 1 aliphatic heterocycles. The van der Waals surface area contributed by atoms with Crippen LogP contribution in [0.4, 0.5) is 4.79 Å². The monoisotopic (exact) mass is 431 g/mol. The normalized spacial score (nSPS) is 15.4. The smallest absolute Gasteiger partial charge is 0.418 e. The Morgan fingerprint density at radius 3 is 2.52 bits per heavy atom. The van der Waals surface area contributed by atoms with Gasteiger partial charge in [0.15, 0.2) is 5.65 Å². The summed E-state index contributed by atoms with van der Waals surface area (Å²) in [6.07, 6.45) is 6.65. The molecule has 0 aromatic carbocycles. The molecule has 1 saturated heterocycles. The largest absolute Gasteiger partial charge is 0.465 e. The molecule has 0 unspecified atom stereocenters. The van der Waals surface area contributed by atoms with Gasteiger partial charge in [0.05, 0.1) is 13.2 Å². The minimum atomic E-state index is -1.03. The van der Waals surface area contributed by atoms with Gasteiger partial charge in [0.25, 0.3) is 0 Å². The number of rotatable bonds is 11. The van der Waals surface area contributed by atoms with Crippen LogP contribution in [0.15, 0.2) is 18.3 Å². The summed E-state index contributed by atoms with van der Waals surface area (Å²) in [5.74, 6) is 0.438. The van der Waals surface area contributed by atoms with Crippen molar-refractivity contribution in [3.8, 4) is 0 Å². The summed E-state index contributed by atoms with van der Waals surface area (Å²) in [5.41, 5.74) is 1.04. The van der Waals surface area contributed by atoms with Gasteiger partial charge in [0.2, 0.25) is 0 Å². The number of ether oxygens (including phenoxy) is 1. The fourth-order valence-corrected chi connectivity index (χ4v) is 4.04. The number of hydrogen-bond donors (Lipinski definition) is 1. The van der Waals surface area contributed by atoms with Crippen molar-refractivity contribution in [1.82, 2.24) is 24.3 Å². The van der Waals surface area contributed by atoms with Crippen molar-refractivity contribution in [1.29, 1.82) is 0 Å². The molecule has 170 valence electrons. The van der Waals surface area contributed by atoms with E-state index in [4.69, 9.17) is 4.74 Å². The summed E-state index contributed by atoms with van der Waals surface area (Å²) in [5, 5.41) is 9.48. The van der Waals surface area contributed by atoms with E-state index < -0.39 is 6.09 Å². The maximum Gasteiger partial charge on any atom is 0.418 e. The standard InChI is InChI=1S/C22H33N5O4/c1-2-31-20(28)17-26-15-13-25(14-16-26)12-7-5-3-4-6-10-19-24-18-9-8-11-23-21(18)27(19)22(29)30/h8-9,11H,2-7,10,12-17H2,1H3,(H,29,30). The Balaban J connectivity index is 1.28. The van der Waals surface area contributed by atoms with Crippen LogP contribution in [0.1, 0.15) is 44.9 Å². The van der Waals surface area contributed by atoms with E-state index in [1.807, 2.05) is 6.92 Å². The Bertz CT molecular complexity index is 861. The zero-order valence-electron chi connectivity index (χ0n) is 18.3. The summed E-state index contributed by atoms with van der Waals surface area (Å²) in [4.78, 5) is 36.4. The molecule has 0 radical (unpaired) electrons. The van der Waals surface area contributed by atoms with Gasteiger partial charge >= 0.3 is 12.1 Å². The van der Waals surface area contributed by atoms with E-state index in [9.17, 15) is 14.7 Å². The maximum absolute atomic E-state index is 11.6. The zero-order valence-corrected chi connectivity index (χ0v) is 18.3. The number of esters is 1. The first-order chi connectivity index (χ1) is 15.1. The van der Waals surface area contributed by atoms with Gasteiger partial charge in [-0.15, -0.1) is 0 Å². The number of unbranched alkanes of at least 4 members (excludes halogenated alkanes) is 4. The molecule has 2 aromatic heterocycles. The lowest BCUT2D eigenvalue weighted by atomic mass is 10.1. The second kappa shape index (κ2) is 11.8. The third-order valence-electron chi connectivity index (χ3n) is 5.67. The Hall–Kier alpha value is -2.52. The van der Waals surface area contributed by atoms with Crippen LogP contribution >= 0.6 is 0 Å². The minimum absolute atomic E-state index is 0.133. The van der Waals surface area contributed by atoms with E-state index >= 15 is 0 Å². The summed E-state index contributed by atoms with van der Waals surface area (Å²) in [7, 11) is 0. The number of aryl methyl sites for hydroxylation is 1. The molecule has 0 bridgehead atoms. The van der Waals surface area contributed by atoms with E-state index in [-0.39, 0.29) is 5.97 Å². The lowest BCUT2D eigenvalue weighted by molar-refractivity contribution is -0.144. The number of nitrogens with zero attached hydrogens (tertiary/aromatic N) is 5. The second-order valence-corrected chi connectivity index (χ2v) is 7.93. The highest BCUT2D eigenvalue weighted by Gasteiger charge is 2.19. The molecule has 0 atom stereocenters. The van der Waals surface area contributed by atoms with E-state index in [0.717, 1.165) is 58.4 Å². The van der Waals surface area contributed by atoms with Gasteiger partial charge in [-0.1, -0.05) is 19.3 Å². The maximum atomic E-state index is 11.6. The van der Waals surface area contributed by atoms with Crippen LogP contribution in [0.2, 0.25) is 0 Å². The average Bonchev–Trinajstić information content (AvgIpc) is 3.13. The minimum Gasteiger partial charge on any atom is -0.465 e. The van der Waals surface area contributed by atoms with Crippen molar-refractivity contribution < 1.29 is 19.4 Å². The summed E-state index contributed by atoms with van der Waals surface area (Å²) < 4.78 is 6.22. The number of hydrogen-bond acceptors (Lipinski definition) is 7. The Morgan fingerprint density at radius 2 is 1.77 bits per heavy atom. The van der Waals surface area contributed by atoms with Crippen molar-refractivity contribution in [3.05, 3.63) is 24.2 Å². The first-order valence-electron chi connectivity index (χ1n) is 11.2. The lowest BCUT2D eigenvalue weighted by Crippen LogP contribution is -2.48. The van der Waals surface area contributed by atoms with E-state index in [1.165, 1.54) is 11.0 Å². The molecule has 9 heteroatoms. The quantitative estimate of drug-likeness (QED) is 0.428. The first-order valence-corrected chi connectivity index (χ1v) is 11.2. The van der Waals surface area contributed by atoms with Crippen LogP contribution in [0.5, 0.6) is 0 Å². The average molecular weight is 432 g/mol. The second-order valence-electron chi connectivity index (χ2n) is 7.93. The molecule has 3 heterocycles. The van der Waals surface area contributed by atoms with Gasteiger partial charge in [-0.2, -0.15) is 0 Å². The number of carbonyl (C=O) groups is 2. The molecular weight excluding hydrogens is 398 g/mol. The number of fused-ring (bicyclic) bond motifs is 1. The van der Waals surface area contributed by atoms with Crippen LogP contribution in [-0.2, 0) is 16.0 Å². The molecule has 3 rings (SSSR count). The third kappa shape index (κ3) is 6.73. The molecule has 31 heavy (non-hydrogen) atoms. The van der Waals surface area contributed by atoms with E-state index in [1.54, 1.807) is 18.3 Å². The predicted octanol–water partition coefficient (Wildman–Crippen LogP) is 2.63. The topological polar surface area (TPSA) is 101 Å². The molecule has 0 saturated carbocycles. The van der Waals surface area contributed by atoms with Gasteiger partial charge < -0.3 is 14.7 Å². The molecule has 0 spiro atoms. The van der Waals surface area contributed by atoms with Gasteiger partial charge in [-0.05, 0) is 38.4 Å². The lowest BCUT2D eigenvalue weighted by Gasteiger charge is -2.34. The summed E-state index contributed by atoms with van der Waals surface area (Å²) in [6.45, 7) is 7.59. The third-order valence-corrected chi connectivity index (χ3v) is 5.67. The Morgan fingerprint density at radius 1 is 1.06 bits per heavy atom. The number of carbonyl (C=O) groups excluding carboxylic acids is 1. The molecule has 9 nitrogen and oxygen atoms in total. The highest BCUT2D eigenvalue weighted by Crippen LogP contribution is 2.16. The number of imidazole rings is 1. The van der Waals surface area contributed by atoms with Crippen molar-refractivity contribution in [2.45, 2.75) is 45.4 Å². The van der Waals surface area contributed by atoms with Crippen molar-refractivity contribution in [2.75, 3.05) is 45.9 Å². The molecule has 2 aromatic rings. The molecule has 1 fully saturated rings. The summed E-state index contributed by atoms with van der Waals surface area (Å²) >= 11 is 0. The van der Waals surface area contributed by atoms with Gasteiger partial charge in [0, 0.05) is 38.8 Å². The van der Waals surface area contributed by atoms with Crippen molar-refractivity contribution >= 4 is 23.2 Å². The molecule has 1 aliphatic rings. The van der Waals surface area contributed by atoms with Gasteiger partial charge in [0.1, 0.15) is 11.3 Å². The fraction of sp³-hybridized carbons (Fsp3) is 0.636. The van der Waals surface area contributed by atoms with E-state index in [2.05, 4.69) is 19.8 Å². The summed E-state index contributed by atoms with van der Waals surface area (Å²) in [6, 6.07) is 3.56. The number of piperazine rings is 1. The number of carboxylic acid groups (broad SMARTS) is 1. The van der Waals surface area contributed by atoms with Crippen LogP contribution in [-0.4, -0.2) is 87.4 Å². The Kier molecular flexibility index (Phi) is 8.78. The molecule has 1 N–H and O–H groups in total. The molecular formula is C22H33N5O4. The van der Waals surface area contributed by atoms with Crippen LogP contribution < -0.4 is 0 Å². The van der Waals surface area contributed by atoms with Crippen LogP contribution in [0.25, 0.3) is 11.2 Å². The predicted molar refractivity (Wildman–Crippen MR) is 117 cm³/mol. The molecule has 0 aliphatic carbocycles. The molecule has 0 amide bonds. The highest BCUT2D eigenvalue weighted by atomic mass is 16.5. The number of aromatic nitrogens is 3. The Labute approximate surface area is 183 Å². The van der Waals surface area contributed by atoms with Crippen LogP contribution in [0, 0.1) is 0 Å². The fourth-order valence-electron chi connectivity index (χ4n) is 4.04.